The van der Waals surface area contributed by atoms with E-state index in [2.05, 4.69) is 12.1 Å². The molecule has 2 nitrogen and oxygen atoms in total. The first-order valence-corrected chi connectivity index (χ1v) is 5.59. The number of hydrogen-bond donors (Lipinski definition) is 0. The molecule has 0 radical (unpaired) electrons. The first-order valence-electron chi connectivity index (χ1n) is 5.59. The van der Waals surface area contributed by atoms with Gasteiger partial charge in [-0.1, -0.05) is 36.8 Å². The summed E-state index contributed by atoms with van der Waals surface area (Å²) in [6.45, 7) is 0. The van der Waals surface area contributed by atoms with Gasteiger partial charge in [0.15, 0.2) is 0 Å². The number of hydrogen-bond acceptors (Lipinski definition) is 1. The molecule has 1 aromatic carbocycles. The predicted molar refractivity (Wildman–Crippen MR) is 60.4 cm³/mol. The minimum absolute atomic E-state index is 0.279. The lowest BCUT2D eigenvalue weighted by Crippen LogP contribution is -2.29. The molecule has 1 unspecified atom stereocenters. The van der Waals surface area contributed by atoms with Crippen LogP contribution in [0.4, 0.5) is 0 Å². The SMILES string of the molecule is CN1C(=O)CCCCC1c1ccccc1. The predicted octanol–water partition coefficient (Wildman–Crippen LogP) is 2.76. The number of carbonyl (C=O) groups is 1. The summed E-state index contributed by atoms with van der Waals surface area (Å²) in [6.07, 6.45) is 3.98. The zero-order chi connectivity index (χ0) is 10.7. The summed E-state index contributed by atoms with van der Waals surface area (Å²) in [5.74, 6) is 0.279. The number of benzene rings is 1. The van der Waals surface area contributed by atoms with Crippen molar-refractivity contribution in [1.82, 2.24) is 4.90 Å². The monoisotopic (exact) mass is 203 g/mol. The van der Waals surface area contributed by atoms with Gasteiger partial charge in [0.1, 0.15) is 0 Å². The number of rotatable bonds is 1. The van der Waals surface area contributed by atoms with Crippen LogP contribution in [0.1, 0.15) is 37.3 Å². The molecule has 1 aliphatic heterocycles. The third-order valence-corrected chi connectivity index (χ3v) is 3.16. The summed E-state index contributed by atoms with van der Waals surface area (Å²) < 4.78 is 0. The molecule has 1 atom stereocenters. The normalized spacial score (nSPS) is 22.6. The molecule has 0 aromatic heterocycles. The van der Waals surface area contributed by atoms with Gasteiger partial charge in [0.05, 0.1) is 6.04 Å². The van der Waals surface area contributed by atoms with Gasteiger partial charge < -0.3 is 4.90 Å². The lowest BCUT2D eigenvalue weighted by Gasteiger charge is -2.26. The fourth-order valence-electron chi connectivity index (χ4n) is 2.22. The van der Waals surface area contributed by atoms with Crippen molar-refractivity contribution in [1.29, 1.82) is 0 Å². The minimum atomic E-state index is 0.279. The minimum Gasteiger partial charge on any atom is -0.339 e. The summed E-state index contributed by atoms with van der Waals surface area (Å²) >= 11 is 0. The van der Waals surface area contributed by atoms with Gasteiger partial charge in [0.2, 0.25) is 5.91 Å². The van der Waals surface area contributed by atoms with E-state index in [0.717, 1.165) is 19.3 Å². The Kier molecular flexibility index (Phi) is 3.05. The molecule has 0 N–H and O–H groups in total. The number of nitrogens with zero attached hydrogens (tertiary/aromatic N) is 1. The maximum Gasteiger partial charge on any atom is 0.222 e. The average Bonchev–Trinajstić information content (AvgIpc) is 2.44. The van der Waals surface area contributed by atoms with E-state index in [0.29, 0.717) is 6.42 Å². The largest absolute Gasteiger partial charge is 0.339 e. The average molecular weight is 203 g/mol. The quantitative estimate of drug-likeness (QED) is 0.687. The highest BCUT2D eigenvalue weighted by atomic mass is 16.2. The van der Waals surface area contributed by atoms with Crippen molar-refractivity contribution in [3.63, 3.8) is 0 Å². The molecule has 80 valence electrons. The molecule has 1 amide bonds. The van der Waals surface area contributed by atoms with Crippen LogP contribution in [-0.4, -0.2) is 17.9 Å². The topological polar surface area (TPSA) is 20.3 Å². The van der Waals surface area contributed by atoms with Gasteiger partial charge in [-0.3, -0.25) is 4.79 Å². The second-order valence-corrected chi connectivity index (χ2v) is 4.18. The van der Waals surface area contributed by atoms with E-state index in [-0.39, 0.29) is 11.9 Å². The van der Waals surface area contributed by atoms with Gasteiger partial charge in [-0.15, -0.1) is 0 Å². The lowest BCUT2D eigenvalue weighted by molar-refractivity contribution is -0.131. The maximum absolute atomic E-state index is 11.7. The number of amides is 1. The van der Waals surface area contributed by atoms with Crippen molar-refractivity contribution in [2.45, 2.75) is 31.7 Å². The van der Waals surface area contributed by atoms with Crippen molar-refractivity contribution in [3.8, 4) is 0 Å². The second kappa shape index (κ2) is 4.47. The summed E-state index contributed by atoms with van der Waals surface area (Å²) in [6, 6.07) is 10.6. The summed E-state index contributed by atoms with van der Waals surface area (Å²) in [7, 11) is 1.92. The van der Waals surface area contributed by atoms with E-state index in [1.54, 1.807) is 0 Å². The molecule has 1 heterocycles. The third kappa shape index (κ3) is 2.20. The fourth-order valence-corrected chi connectivity index (χ4v) is 2.22. The molecule has 0 saturated carbocycles. The molecule has 1 saturated heterocycles. The highest BCUT2D eigenvalue weighted by Gasteiger charge is 2.23. The molecule has 1 aromatic rings. The molecule has 2 rings (SSSR count). The Morgan fingerprint density at radius 2 is 1.93 bits per heavy atom. The van der Waals surface area contributed by atoms with E-state index in [4.69, 9.17) is 0 Å². The number of carbonyl (C=O) groups excluding carboxylic acids is 1. The smallest absolute Gasteiger partial charge is 0.222 e. The molecular weight excluding hydrogens is 186 g/mol. The van der Waals surface area contributed by atoms with Crippen LogP contribution < -0.4 is 0 Å². The number of likely N-dealkylation sites (tertiary alicyclic amines) is 1. The lowest BCUT2D eigenvalue weighted by atomic mass is 10.0. The van der Waals surface area contributed by atoms with Gasteiger partial charge in [0, 0.05) is 13.5 Å². The van der Waals surface area contributed by atoms with Gasteiger partial charge >= 0.3 is 0 Å². The molecular formula is C13H17NO. The van der Waals surface area contributed by atoms with Crippen LogP contribution >= 0.6 is 0 Å². The van der Waals surface area contributed by atoms with Crippen LogP contribution in [0.25, 0.3) is 0 Å². The van der Waals surface area contributed by atoms with E-state index < -0.39 is 0 Å². The standard InChI is InChI=1S/C13H17NO/c1-14-12(9-5-6-10-13(14)15)11-7-3-2-4-8-11/h2-4,7-8,12H,5-6,9-10H2,1H3. The van der Waals surface area contributed by atoms with Gasteiger partial charge in [0.25, 0.3) is 0 Å². The van der Waals surface area contributed by atoms with Crippen LogP contribution in [0.3, 0.4) is 0 Å². The van der Waals surface area contributed by atoms with Crippen LogP contribution in [0.2, 0.25) is 0 Å². The Bertz CT molecular complexity index is 334. The van der Waals surface area contributed by atoms with Crippen LogP contribution in [0.15, 0.2) is 30.3 Å². The highest BCUT2D eigenvalue weighted by Crippen LogP contribution is 2.28. The van der Waals surface area contributed by atoms with Crippen molar-refractivity contribution in [3.05, 3.63) is 35.9 Å². The van der Waals surface area contributed by atoms with Crippen LogP contribution in [0.5, 0.6) is 0 Å². The van der Waals surface area contributed by atoms with Gasteiger partial charge in [-0.2, -0.15) is 0 Å². The van der Waals surface area contributed by atoms with Crippen LogP contribution in [0, 0.1) is 0 Å². The van der Waals surface area contributed by atoms with E-state index >= 15 is 0 Å². The van der Waals surface area contributed by atoms with Crippen molar-refractivity contribution < 1.29 is 4.79 Å². The highest BCUT2D eigenvalue weighted by molar-refractivity contribution is 5.76. The maximum atomic E-state index is 11.7. The van der Waals surface area contributed by atoms with Gasteiger partial charge in [-0.25, -0.2) is 0 Å². The Morgan fingerprint density at radius 3 is 2.67 bits per heavy atom. The van der Waals surface area contributed by atoms with Crippen molar-refractivity contribution >= 4 is 5.91 Å². The Balaban J connectivity index is 2.23. The first-order chi connectivity index (χ1) is 7.29. The van der Waals surface area contributed by atoms with E-state index in [1.165, 1.54) is 5.56 Å². The van der Waals surface area contributed by atoms with E-state index in [9.17, 15) is 4.79 Å². The van der Waals surface area contributed by atoms with Gasteiger partial charge in [-0.05, 0) is 18.4 Å². The fraction of sp³-hybridized carbons (Fsp3) is 0.462. The molecule has 2 heteroatoms. The molecule has 1 fully saturated rings. The molecule has 0 bridgehead atoms. The van der Waals surface area contributed by atoms with Crippen molar-refractivity contribution in [2.24, 2.45) is 0 Å². The zero-order valence-electron chi connectivity index (χ0n) is 9.15. The van der Waals surface area contributed by atoms with Crippen molar-refractivity contribution in [2.75, 3.05) is 7.05 Å². The Morgan fingerprint density at radius 1 is 1.20 bits per heavy atom. The molecule has 0 spiro atoms. The second-order valence-electron chi connectivity index (χ2n) is 4.18. The summed E-state index contributed by atoms with van der Waals surface area (Å²) in [4.78, 5) is 13.6. The molecule has 15 heavy (non-hydrogen) atoms. The summed E-state index contributed by atoms with van der Waals surface area (Å²) in [5, 5.41) is 0. The van der Waals surface area contributed by atoms with E-state index in [1.807, 2.05) is 30.1 Å². The van der Waals surface area contributed by atoms with Crippen LogP contribution in [-0.2, 0) is 4.79 Å². The summed E-state index contributed by atoms with van der Waals surface area (Å²) in [5.41, 5.74) is 1.26. The third-order valence-electron chi connectivity index (χ3n) is 3.16. The Labute approximate surface area is 90.9 Å². The molecule has 0 aliphatic carbocycles. The zero-order valence-corrected chi connectivity index (χ0v) is 9.15. The molecule has 1 aliphatic rings. The first kappa shape index (κ1) is 10.2. The Hall–Kier alpha value is -1.31.